The van der Waals surface area contributed by atoms with Crippen LogP contribution in [0.5, 0.6) is 0 Å². The Labute approximate surface area is 174 Å². The standard InChI is InChI=1S/C22H23ClN4O2/c1-26-8-10-27(11-9-26)20-7-6-17(23)14-19(20)24-21(28)13-16-12-15-4-2-3-5-18(15)25-22(16)29/h2-7,12,14H,8-11,13H2,1H3,(H,24,28)(H,25,29). The summed E-state index contributed by atoms with van der Waals surface area (Å²) in [6.45, 7) is 3.68. The number of benzene rings is 2. The van der Waals surface area contributed by atoms with E-state index in [9.17, 15) is 9.59 Å². The highest BCUT2D eigenvalue weighted by Crippen LogP contribution is 2.30. The number of para-hydroxylation sites is 1. The summed E-state index contributed by atoms with van der Waals surface area (Å²) < 4.78 is 0. The van der Waals surface area contributed by atoms with Gasteiger partial charge in [-0.1, -0.05) is 29.8 Å². The molecule has 3 aromatic rings. The highest BCUT2D eigenvalue weighted by Gasteiger charge is 2.19. The number of nitrogens with one attached hydrogen (secondary N) is 2. The van der Waals surface area contributed by atoms with Crippen molar-refractivity contribution >= 4 is 39.8 Å². The van der Waals surface area contributed by atoms with E-state index in [1.807, 2.05) is 36.4 Å². The van der Waals surface area contributed by atoms with Gasteiger partial charge in [-0.25, -0.2) is 0 Å². The Kier molecular flexibility index (Phi) is 5.56. The van der Waals surface area contributed by atoms with Crippen LogP contribution in [0.1, 0.15) is 5.56 Å². The summed E-state index contributed by atoms with van der Waals surface area (Å²) in [5.74, 6) is -0.247. The van der Waals surface area contributed by atoms with E-state index in [1.54, 1.807) is 12.1 Å². The number of halogens is 1. The lowest BCUT2D eigenvalue weighted by Crippen LogP contribution is -2.44. The minimum atomic E-state index is -0.247. The molecule has 0 radical (unpaired) electrons. The second-order valence-electron chi connectivity index (χ2n) is 7.39. The molecular formula is C22H23ClN4O2. The summed E-state index contributed by atoms with van der Waals surface area (Å²) in [6, 6.07) is 14.8. The number of hydrogen-bond acceptors (Lipinski definition) is 4. The number of aromatic nitrogens is 1. The van der Waals surface area contributed by atoms with Crippen LogP contribution >= 0.6 is 11.6 Å². The van der Waals surface area contributed by atoms with Crippen LogP contribution in [0.2, 0.25) is 5.02 Å². The number of anilines is 2. The van der Waals surface area contributed by atoms with Crippen LogP contribution in [-0.2, 0) is 11.2 Å². The Hall–Kier alpha value is -2.83. The van der Waals surface area contributed by atoms with Crippen LogP contribution in [0.4, 0.5) is 11.4 Å². The Morgan fingerprint density at radius 2 is 1.86 bits per heavy atom. The molecule has 0 unspecified atom stereocenters. The minimum absolute atomic E-state index is 0.00510. The molecule has 1 amide bonds. The zero-order valence-electron chi connectivity index (χ0n) is 16.2. The number of fused-ring (bicyclic) bond motifs is 1. The van der Waals surface area contributed by atoms with Crippen LogP contribution < -0.4 is 15.8 Å². The maximum Gasteiger partial charge on any atom is 0.252 e. The van der Waals surface area contributed by atoms with E-state index >= 15 is 0 Å². The summed E-state index contributed by atoms with van der Waals surface area (Å²) in [5, 5.41) is 4.41. The Balaban J connectivity index is 1.55. The van der Waals surface area contributed by atoms with Gasteiger partial charge in [0, 0.05) is 42.3 Å². The van der Waals surface area contributed by atoms with Gasteiger partial charge in [0.05, 0.1) is 17.8 Å². The summed E-state index contributed by atoms with van der Waals surface area (Å²) in [6.07, 6.45) is -0.00510. The maximum absolute atomic E-state index is 12.7. The second kappa shape index (κ2) is 8.27. The molecule has 6 nitrogen and oxygen atoms in total. The average molecular weight is 411 g/mol. The van der Waals surface area contributed by atoms with Crippen molar-refractivity contribution in [3.05, 3.63) is 69.5 Å². The molecule has 0 atom stereocenters. The van der Waals surface area contributed by atoms with Gasteiger partial charge < -0.3 is 20.1 Å². The lowest BCUT2D eigenvalue weighted by Gasteiger charge is -2.35. The van der Waals surface area contributed by atoms with Gasteiger partial charge in [0.25, 0.3) is 5.56 Å². The van der Waals surface area contributed by atoms with Crippen molar-refractivity contribution in [3.8, 4) is 0 Å². The van der Waals surface area contributed by atoms with Crippen LogP contribution in [0, 0.1) is 0 Å². The molecule has 7 heteroatoms. The molecule has 2 heterocycles. The number of rotatable bonds is 4. The molecule has 1 aliphatic heterocycles. The largest absolute Gasteiger partial charge is 0.367 e. The monoisotopic (exact) mass is 410 g/mol. The number of amides is 1. The Morgan fingerprint density at radius 1 is 1.10 bits per heavy atom. The van der Waals surface area contributed by atoms with Crippen LogP contribution in [0.3, 0.4) is 0 Å². The first-order chi connectivity index (χ1) is 14.0. The molecule has 2 N–H and O–H groups in total. The number of pyridine rings is 1. The van der Waals surface area contributed by atoms with E-state index in [0.717, 1.165) is 42.8 Å². The predicted molar refractivity (Wildman–Crippen MR) is 118 cm³/mol. The maximum atomic E-state index is 12.7. The van der Waals surface area contributed by atoms with Gasteiger partial charge in [0.1, 0.15) is 0 Å². The number of carbonyl (C=O) groups is 1. The van der Waals surface area contributed by atoms with Crippen LogP contribution in [0.15, 0.2) is 53.3 Å². The Morgan fingerprint density at radius 3 is 2.66 bits per heavy atom. The molecule has 0 bridgehead atoms. The lowest BCUT2D eigenvalue weighted by atomic mass is 10.1. The fraction of sp³-hybridized carbons (Fsp3) is 0.273. The number of likely N-dealkylation sites (N-methyl/N-ethyl adjacent to an activating group) is 1. The average Bonchev–Trinajstić information content (AvgIpc) is 2.69. The molecule has 150 valence electrons. The molecule has 1 aliphatic rings. The van der Waals surface area contributed by atoms with E-state index in [4.69, 9.17) is 11.6 Å². The second-order valence-corrected chi connectivity index (χ2v) is 7.82. The summed E-state index contributed by atoms with van der Waals surface area (Å²) >= 11 is 6.18. The third-order valence-electron chi connectivity index (χ3n) is 5.26. The number of nitrogens with zero attached hydrogens (tertiary/aromatic N) is 2. The highest BCUT2D eigenvalue weighted by atomic mass is 35.5. The van der Waals surface area contributed by atoms with Gasteiger partial charge in [-0.05, 0) is 42.8 Å². The number of H-pyrrole nitrogens is 1. The normalized spacial score (nSPS) is 14.9. The van der Waals surface area contributed by atoms with E-state index in [1.165, 1.54) is 0 Å². The first kappa shape index (κ1) is 19.5. The van der Waals surface area contributed by atoms with Gasteiger partial charge in [-0.2, -0.15) is 0 Å². The fourth-order valence-electron chi connectivity index (χ4n) is 3.62. The predicted octanol–water partition coefficient (Wildman–Crippen LogP) is 3.11. The fourth-order valence-corrected chi connectivity index (χ4v) is 3.79. The molecule has 4 rings (SSSR count). The SMILES string of the molecule is CN1CCN(c2ccc(Cl)cc2NC(=O)Cc2cc3ccccc3[nH]c2=O)CC1. The van der Waals surface area contributed by atoms with Gasteiger partial charge in [-0.3, -0.25) is 9.59 Å². The van der Waals surface area contributed by atoms with Crippen molar-refractivity contribution in [3.63, 3.8) is 0 Å². The van der Waals surface area contributed by atoms with E-state index in [-0.39, 0.29) is 17.9 Å². The van der Waals surface area contributed by atoms with Crippen molar-refractivity contribution < 1.29 is 4.79 Å². The summed E-state index contributed by atoms with van der Waals surface area (Å²) in [5.41, 5.74) is 2.56. The van der Waals surface area contributed by atoms with Crippen LogP contribution in [0.25, 0.3) is 10.9 Å². The smallest absolute Gasteiger partial charge is 0.252 e. The van der Waals surface area contributed by atoms with Crippen molar-refractivity contribution in [2.45, 2.75) is 6.42 Å². The molecule has 29 heavy (non-hydrogen) atoms. The van der Waals surface area contributed by atoms with E-state index in [2.05, 4.69) is 27.1 Å². The summed E-state index contributed by atoms with van der Waals surface area (Å²) in [4.78, 5) is 32.4. The highest BCUT2D eigenvalue weighted by molar-refractivity contribution is 6.31. The van der Waals surface area contributed by atoms with Gasteiger partial charge in [0.15, 0.2) is 0 Å². The van der Waals surface area contributed by atoms with E-state index < -0.39 is 0 Å². The van der Waals surface area contributed by atoms with Gasteiger partial charge in [0.2, 0.25) is 5.91 Å². The van der Waals surface area contributed by atoms with Crippen molar-refractivity contribution in [2.24, 2.45) is 0 Å². The molecule has 0 spiro atoms. The minimum Gasteiger partial charge on any atom is -0.367 e. The number of hydrogen-bond donors (Lipinski definition) is 2. The lowest BCUT2D eigenvalue weighted by molar-refractivity contribution is -0.115. The Bertz CT molecular complexity index is 1100. The van der Waals surface area contributed by atoms with E-state index in [0.29, 0.717) is 16.3 Å². The van der Waals surface area contributed by atoms with Crippen LogP contribution in [-0.4, -0.2) is 49.0 Å². The van der Waals surface area contributed by atoms with Crippen molar-refractivity contribution in [1.82, 2.24) is 9.88 Å². The molecular weight excluding hydrogens is 388 g/mol. The molecule has 1 saturated heterocycles. The zero-order valence-corrected chi connectivity index (χ0v) is 17.0. The molecule has 1 fully saturated rings. The van der Waals surface area contributed by atoms with Gasteiger partial charge in [-0.15, -0.1) is 0 Å². The summed E-state index contributed by atoms with van der Waals surface area (Å²) in [7, 11) is 2.10. The van der Waals surface area contributed by atoms with Crippen molar-refractivity contribution in [1.29, 1.82) is 0 Å². The number of piperazine rings is 1. The first-order valence-corrected chi connectivity index (χ1v) is 10.0. The number of aromatic amines is 1. The quantitative estimate of drug-likeness (QED) is 0.693. The molecule has 1 aromatic heterocycles. The first-order valence-electron chi connectivity index (χ1n) is 9.63. The number of carbonyl (C=O) groups excluding carboxylic acids is 1. The van der Waals surface area contributed by atoms with Crippen molar-refractivity contribution in [2.75, 3.05) is 43.4 Å². The zero-order chi connectivity index (χ0) is 20.4. The van der Waals surface area contributed by atoms with Gasteiger partial charge >= 0.3 is 0 Å². The molecule has 0 saturated carbocycles. The molecule has 2 aromatic carbocycles. The third-order valence-corrected chi connectivity index (χ3v) is 5.49. The topological polar surface area (TPSA) is 68.4 Å². The molecule has 0 aliphatic carbocycles. The third kappa shape index (κ3) is 4.44.